The predicted octanol–water partition coefficient (Wildman–Crippen LogP) is 16.0. The Morgan fingerprint density at radius 2 is 0.823 bits per heavy atom. The molecule has 0 saturated carbocycles. The Morgan fingerprint density at radius 3 is 1.53 bits per heavy atom. The van der Waals surface area contributed by atoms with Crippen LogP contribution in [-0.4, -0.2) is 0 Å². The van der Waals surface area contributed by atoms with Crippen molar-refractivity contribution in [3.8, 4) is 22.3 Å². The average Bonchev–Trinajstić information content (AvgIpc) is 3.96. The minimum absolute atomic E-state index is 0.742. The van der Waals surface area contributed by atoms with Gasteiger partial charge in [0, 0.05) is 44.8 Å². The maximum absolute atomic E-state index is 7.26. The van der Waals surface area contributed by atoms with Crippen LogP contribution in [-0.2, 0) is 5.41 Å². The fourth-order valence-corrected chi connectivity index (χ4v) is 10.7. The molecule has 11 aromatic rings. The molecule has 2 aliphatic carbocycles. The summed E-state index contributed by atoms with van der Waals surface area (Å²) < 4.78 is 7.26. The van der Waals surface area contributed by atoms with Gasteiger partial charge in [0.1, 0.15) is 16.8 Å². The Bertz CT molecular complexity index is 3500. The van der Waals surface area contributed by atoms with Gasteiger partial charge in [0.15, 0.2) is 0 Å². The Hall–Kier alpha value is -8.14. The summed E-state index contributed by atoms with van der Waals surface area (Å²) in [6.07, 6.45) is 0. The number of hydrogen-bond donors (Lipinski definition) is 0. The second kappa shape index (κ2) is 13.4. The summed E-state index contributed by atoms with van der Waals surface area (Å²) in [6.45, 7) is 0. The van der Waals surface area contributed by atoms with Gasteiger partial charge in [-0.15, -0.1) is 0 Å². The second-order valence-corrected chi connectivity index (χ2v) is 16.4. The molecule has 290 valence electrons. The highest BCUT2D eigenvalue weighted by Crippen LogP contribution is 2.66. The molecular formula is C59H38N2O. The topological polar surface area (TPSA) is 19.6 Å². The van der Waals surface area contributed by atoms with Crippen molar-refractivity contribution in [3.05, 3.63) is 253 Å². The van der Waals surface area contributed by atoms with Crippen molar-refractivity contribution in [2.24, 2.45) is 0 Å². The second-order valence-electron chi connectivity index (χ2n) is 16.4. The largest absolute Gasteiger partial charge is 0.459 e. The third-order valence-corrected chi connectivity index (χ3v) is 13.2. The lowest BCUT2D eigenvalue weighted by atomic mass is 9.73. The molecule has 10 aromatic carbocycles. The Balaban J connectivity index is 1.12. The Labute approximate surface area is 360 Å². The lowest BCUT2D eigenvalue weighted by molar-refractivity contribution is 0.507. The summed E-state index contributed by atoms with van der Waals surface area (Å²) in [5.74, 6) is 0.975. The summed E-state index contributed by atoms with van der Waals surface area (Å²) in [5.41, 5.74) is 15.2. The van der Waals surface area contributed by atoms with E-state index in [1.54, 1.807) is 0 Å². The summed E-state index contributed by atoms with van der Waals surface area (Å²) in [5, 5.41) is 6.02. The van der Waals surface area contributed by atoms with Crippen molar-refractivity contribution in [1.82, 2.24) is 0 Å². The molecule has 0 bridgehead atoms. The zero-order valence-corrected chi connectivity index (χ0v) is 33.7. The summed E-state index contributed by atoms with van der Waals surface area (Å²) >= 11 is 0. The van der Waals surface area contributed by atoms with Crippen molar-refractivity contribution in [3.63, 3.8) is 0 Å². The molecule has 0 amide bonds. The minimum atomic E-state index is -0.742. The third-order valence-electron chi connectivity index (χ3n) is 13.2. The maximum atomic E-state index is 7.26. The van der Waals surface area contributed by atoms with Gasteiger partial charge in [-0.1, -0.05) is 158 Å². The van der Waals surface area contributed by atoms with E-state index in [1.165, 1.54) is 60.5 Å². The van der Waals surface area contributed by atoms with Crippen LogP contribution in [0.3, 0.4) is 0 Å². The van der Waals surface area contributed by atoms with Crippen LogP contribution in [0.4, 0.5) is 34.1 Å². The number of anilines is 6. The number of rotatable bonds is 6. The molecule has 1 spiro atoms. The highest BCUT2D eigenvalue weighted by molar-refractivity contribution is 6.15. The van der Waals surface area contributed by atoms with Crippen molar-refractivity contribution < 1.29 is 4.42 Å². The van der Waals surface area contributed by atoms with Crippen LogP contribution in [0, 0.1) is 0 Å². The fraction of sp³-hybridized carbons (Fsp3) is 0.0169. The molecule has 0 fully saturated rings. The SMILES string of the molecule is c1ccc(N(c2ccccc2)c2ccc3c(c2)C2(c4ccccc4-3)c3cc(N(c4ccccc4)c4cc5ccccc5c5ccccc45)ccc3-c3c2oc2ccccc32)cc1. The number of benzene rings is 10. The summed E-state index contributed by atoms with van der Waals surface area (Å²) in [6, 6.07) is 83.8. The van der Waals surface area contributed by atoms with Crippen LogP contribution in [0.15, 0.2) is 235 Å². The monoisotopic (exact) mass is 790 g/mol. The molecule has 0 aliphatic heterocycles. The standard InChI is InChI=1S/C59H38N2O/c1-4-19-40(20-5-1)60(41-21-6-2-7-22-41)43-32-34-48-47-27-14-16-30-52(47)59(53(48)37-43)54-38-44(33-35-50(54)57-51-29-15-17-31-56(51)62-58(57)59)61(42-23-8-3-9-24-42)55-36-39-18-10-11-25-45(39)46-26-12-13-28-49(46)55/h1-38H. The van der Waals surface area contributed by atoms with Gasteiger partial charge in [0.25, 0.3) is 0 Å². The van der Waals surface area contributed by atoms with Gasteiger partial charge < -0.3 is 14.2 Å². The smallest absolute Gasteiger partial charge is 0.135 e. The van der Waals surface area contributed by atoms with E-state index in [9.17, 15) is 0 Å². The first-order valence-electron chi connectivity index (χ1n) is 21.3. The van der Waals surface area contributed by atoms with Crippen LogP contribution >= 0.6 is 0 Å². The Kier molecular flexibility index (Phi) is 7.52. The van der Waals surface area contributed by atoms with Crippen LogP contribution in [0.5, 0.6) is 0 Å². The number of fused-ring (bicyclic) bond motifs is 15. The molecular weight excluding hydrogens is 753 g/mol. The zero-order valence-electron chi connectivity index (χ0n) is 33.7. The van der Waals surface area contributed by atoms with Gasteiger partial charge in [0.05, 0.1) is 5.69 Å². The molecule has 62 heavy (non-hydrogen) atoms. The quantitative estimate of drug-likeness (QED) is 0.156. The first-order chi connectivity index (χ1) is 30.8. The molecule has 3 heteroatoms. The number of hydrogen-bond acceptors (Lipinski definition) is 3. The zero-order chi connectivity index (χ0) is 40.8. The van der Waals surface area contributed by atoms with Crippen LogP contribution < -0.4 is 9.80 Å². The molecule has 1 heterocycles. The molecule has 1 aromatic heterocycles. The van der Waals surface area contributed by atoms with Crippen molar-refractivity contribution >= 4 is 66.6 Å². The average molecular weight is 791 g/mol. The first kappa shape index (κ1) is 34.7. The van der Waals surface area contributed by atoms with Crippen LogP contribution in [0.25, 0.3) is 54.8 Å². The summed E-state index contributed by atoms with van der Waals surface area (Å²) in [7, 11) is 0. The number of para-hydroxylation sites is 4. The molecule has 1 unspecified atom stereocenters. The first-order valence-corrected chi connectivity index (χ1v) is 21.3. The normalized spacial score (nSPS) is 14.5. The van der Waals surface area contributed by atoms with E-state index in [1.807, 2.05) is 0 Å². The van der Waals surface area contributed by atoms with Crippen LogP contribution in [0.2, 0.25) is 0 Å². The predicted molar refractivity (Wildman–Crippen MR) is 257 cm³/mol. The molecule has 0 saturated heterocycles. The number of furan rings is 1. The lowest BCUT2D eigenvalue weighted by Gasteiger charge is -2.32. The maximum Gasteiger partial charge on any atom is 0.135 e. The van der Waals surface area contributed by atoms with Crippen molar-refractivity contribution in [1.29, 1.82) is 0 Å². The van der Waals surface area contributed by atoms with Gasteiger partial charge in [-0.05, 0) is 122 Å². The molecule has 13 rings (SSSR count). The molecule has 0 N–H and O–H groups in total. The van der Waals surface area contributed by atoms with E-state index in [2.05, 4.69) is 240 Å². The molecule has 0 radical (unpaired) electrons. The highest BCUT2D eigenvalue weighted by Gasteiger charge is 2.55. The van der Waals surface area contributed by atoms with Crippen molar-refractivity contribution in [2.75, 3.05) is 9.80 Å². The Morgan fingerprint density at radius 1 is 0.323 bits per heavy atom. The van der Waals surface area contributed by atoms with Gasteiger partial charge >= 0.3 is 0 Å². The fourth-order valence-electron chi connectivity index (χ4n) is 10.7. The third kappa shape index (κ3) is 4.88. The van der Waals surface area contributed by atoms with Crippen LogP contribution in [0.1, 0.15) is 22.5 Å². The van der Waals surface area contributed by atoms with E-state index in [4.69, 9.17) is 4.42 Å². The number of nitrogens with zero attached hydrogens (tertiary/aromatic N) is 2. The van der Waals surface area contributed by atoms with E-state index in [0.29, 0.717) is 0 Å². The van der Waals surface area contributed by atoms with E-state index in [0.717, 1.165) is 50.9 Å². The van der Waals surface area contributed by atoms with Gasteiger partial charge in [0.2, 0.25) is 0 Å². The van der Waals surface area contributed by atoms with E-state index < -0.39 is 5.41 Å². The molecule has 2 aliphatic rings. The van der Waals surface area contributed by atoms with Gasteiger partial charge in [-0.2, -0.15) is 0 Å². The highest BCUT2D eigenvalue weighted by atomic mass is 16.3. The lowest BCUT2D eigenvalue weighted by Crippen LogP contribution is -2.26. The van der Waals surface area contributed by atoms with Gasteiger partial charge in [-0.25, -0.2) is 0 Å². The minimum Gasteiger partial charge on any atom is -0.459 e. The van der Waals surface area contributed by atoms with Gasteiger partial charge in [-0.3, -0.25) is 0 Å². The van der Waals surface area contributed by atoms with E-state index >= 15 is 0 Å². The molecule has 3 nitrogen and oxygen atoms in total. The van der Waals surface area contributed by atoms with E-state index in [-0.39, 0.29) is 0 Å². The molecule has 1 atom stereocenters. The summed E-state index contributed by atoms with van der Waals surface area (Å²) in [4.78, 5) is 4.82. The van der Waals surface area contributed by atoms with Crippen molar-refractivity contribution in [2.45, 2.75) is 5.41 Å².